The van der Waals surface area contributed by atoms with Crippen LogP contribution in [0.4, 0.5) is 0 Å². The number of hydrogen-bond acceptors (Lipinski definition) is 2. The fourth-order valence-corrected chi connectivity index (χ4v) is 1.64. The molecule has 102 valence electrons. The van der Waals surface area contributed by atoms with E-state index >= 15 is 0 Å². The summed E-state index contributed by atoms with van der Waals surface area (Å²) in [6.45, 7) is 3.75. The Balaban J connectivity index is 2.50. The Morgan fingerprint density at radius 2 is 1.95 bits per heavy atom. The lowest BCUT2D eigenvalue weighted by atomic mass is 10.1. The average molecular weight is 261 g/mol. The van der Waals surface area contributed by atoms with Gasteiger partial charge < -0.3 is 10.4 Å². The molecule has 0 radical (unpaired) electrons. The van der Waals surface area contributed by atoms with E-state index in [2.05, 4.69) is 12.2 Å². The molecule has 0 aromatic heterocycles. The zero-order valence-electron chi connectivity index (χ0n) is 11.2. The Kier molecular flexibility index (Phi) is 5.79. The molecular weight excluding hydrogens is 242 g/mol. The van der Waals surface area contributed by atoms with Crippen LogP contribution in [-0.4, -0.2) is 23.0 Å². The van der Waals surface area contributed by atoms with E-state index in [1.807, 2.05) is 24.3 Å². The number of rotatable bonds is 6. The third-order valence-electron chi connectivity index (χ3n) is 2.68. The third kappa shape index (κ3) is 5.86. The minimum absolute atomic E-state index is 0.0786. The number of benzene rings is 1. The van der Waals surface area contributed by atoms with Crippen LogP contribution in [0.25, 0.3) is 6.08 Å². The molecule has 0 aliphatic carbocycles. The van der Waals surface area contributed by atoms with E-state index in [9.17, 15) is 9.59 Å². The van der Waals surface area contributed by atoms with Crippen molar-refractivity contribution in [2.24, 2.45) is 0 Å². The minimum atomic E-state index is -0.924. The summed E-state index contributed by atoms with van der Waals surface area (Å²) in [6, 6.07) is 7.55. The van der Waals surface area contributed by atoms with Crippen molar-refractivity contribution in [2.75, 3.05) is 0 Å². The molecule has 0 saturated heterocycles. The van der Waals surface area contributed by atoms with Crippen LogP contribution in [0, 0.1) is 0 Å². The summed E-state index contributed by atoms with van der Waals surface area (Å²) in [7, 11) is 0. The summed E-state index contributed by atoms with van der Waals surface area (Å²) >= 11 is 0. The van der Waals surface area contributed by atoms with Crippen molar-refractivity contribution in [3.05, 3.63) is 41.5 Å². The predicted octanol–water partition coefficient (Wildman–Crippen LogP) is 2.24. The molecule has 0 spiro atoms. The molecule has 1 rings (SSSR count). The second kappa shape index (κ2) is 7.36. The van der Waals surface area contributed by atoms with E-state index in [0.717, 1.165) is 12.0 Å². The summed E-state index contributed by atoms with van der Waals surface area (Å²) in [5, 5.41) is 11.2. The van der Waals surface area contributed by atoms with Crippen LogP contribution in [0.2, 0.25) is 0 Å². The molecule has 1 unspecified atom stereocenters. The van der Waals surface area contributed by atoms with Crippen LogP contribution >= 0.6 is 0 Å². The highest BCUT2D eigenvalue weighted by Gasteiger charge is 2.08. The zero-order chi connectivity index (χ0) is 14.3. The quantitative estimate of drug-likeness (QED) is 0.772. The molecular formula is C15H19NO3. The maximum absolute atomic E-state index is 11.5. The van der Waals surface area contributed by atoms with E-state index in [1.165, 1.54) is 11.6 Å². The Labute approximate surface area is 113 Å². The number of nitrogens with one attached hydrogen (secondary N) is 1. The van der Waals surface area contributed by atoms with Gasteiger partial charge in [0.2, 0.25) is 5.91 Å². The Morgan fingerprint density at radius 1 is 1.32 bits per heavy atom. The largest absolute Gasteiger partial charge is 0.481 e. The fraction of sp³-hybridized carbons (Fsp3) is 0.333. The molecule has 0 bridgehead atoms. The number of carboxylic acids is 1. The van der Waals surface area contributed by atoms with Crippen molar-refractivity contribution in [3.8, 4) is 0 Å². The number of amides is 1. The standard InChI is InChI=1S/C15H19NO3/c1-3-12-4-6-13(7-5-12)8-9-14(17)16-11(2)10-15(18)19/h4-9,11H,3,10H2,1-2H3,(H,16,17)(H,18,19)/b9-8+. The first-order chi connectivity index (χ1) is 9.01. The van der Waals surface area contributed by atoms with Gasteiger partial charge in [-0.05, 0) is 30.5 Å². The maximum Gasteiger partial charge on any atom is 0.305 e. The summed E-state index contributed by atoms with van der Waals surface area (Å²) in [5.41, 5.74) is 2.19. The van der Waals surface area contributed by atoms with Gasteiger partial charge in [0.25, 0.3) is 0 Å². The number of aliphatic carboxylic acids is 1. The van der Waals surface area contributed by atoms with Crippen LogP contribution in [0.1, 0.15) is 31.4 Å². The second-order valence-corrected chi connectivity index (χ2v) is 4.44. The van der Waals surface area contributed by atoms with E-state index in [0.29, 0.717) is 0 Å². The van der Waals surface area contributed by atoms with Gasteiger partial charge in [0.05, 0.1) is 6.42 Å². The number of carboxylic acid groups (broad SMARTS) is 1. The van der Waals surface area contributed by atoms with E-state index in [4.69, 9.17) is 5.11 Å². The molecule has 1 aromatic rings. The van der Waals surface area contributed by atoms with Gasteiger partial charge >= 0.3 is 5.97 Å². The van der Waals surface area contributed by atoms with Gasteiger partial charge in [0.15, 0.2) is 0 Å². The summed E-state index contributed by atoms with van der Waals surface area (Å²) < 4.78 is 0. The normalized spacial score (nSPS) is 12.3. The van der Waals surface area contributed by atoms with Crippen molar-refractivity contribution in [2.45, 2.75) is 32.7 Å². The summed E-state index contributed by atoms with van der Waals surface area (Å²) in [5.74, 6) is -1.21. The minimum Gasteiger partial charge on any atom is -0.481 e. The molecule has 0 fully saturated rings. The highest BCUT2D eigenvalue weighted by Crippen LogP contribution is 2.06. The van der Waals surface area contributed by atoms with Gasteiger partial charge in [-0.25, -0.2) is 0 Å². The monoisotopic (exact) mass is 261 g/mol. The highest BCUT2D eigenvalue weighted by atomic mass is 16.4. The molecule has 1 atom stereocenters. The number of carbonyl (C=O) groups is 2. The lowest BCUT2D eigenvalue weighted by Gasteiger charge is -2.08. The molecule has 0 heterocycles. The molecule has 0 saturated carbocycles. The van der Waals surface area contributed by atoms with E-state index < -0.39 is 5.97 Å². The van der Waals surface area contributed by atoms with Crippen LogP contribution in [-0.2, 0) is 16.0 Å². The first-order valence-electron chi connectivity index (χ1n) is 6.30. The Bertz CT molecular complexity index is 463. The third-order valence-corrected chi connectivity index (χ3v) is 2.68. The SMILES string of the molecule is CCc1ccc(/C=C/C(=O)NC(C)CC(=O)O)cc1. The highest BCUT2D eigenvalue weighted by molar-refractivity contribution is 5.92. The van der Waals surface area contributed by atoms with Gasteiger partial charge in [0.1, 0.15) is 0 Å². The number of carbonyl (C=O) groups excluding carboxylic acids is 1. The molecule has 1 aromatic carbocycles. The average Bonchev–Trinajstić information content (AvgIpc) is 2.36. The zero-order valence-corrected chi connectivity index (χ0v) is 11.2. The summed E-state index contributed by atoms with van der Waals surface area (Å²) in [6.07, 6.45) is 4.03. The molecule has 4 heteroatoms. The number of aryl methyl sites for hydroxylation is 1. The van der Waals surface area contributed by atoms with Gasteiger partial charge in [-0.2, -0.15) is 0 Å². The van der Waals surface area contributed by atoms with Crippen molar-refractivity contribution < 1.29 is 14.7 Å². The van der Waals surface area contributed by atoms with Crippen molar-refractivity contribution in [1.29, 1.82) is 0 Å². The molecule has 4 nitrogen and oxygen atoms in total. The Hall–Kier alpha value is -2.10. The first-order valence-corrected chi connectivity index (χ1v) is 6.30. The molecule has 19 heavy (non-hydrogen) atoms. The molecule has 1 amide bonds. The first kappa shape index (κ1) is 15.0. The van der Waals surface area contributed by atoms with Crippen LogP contribution in [0.3, 0.4) is 0 Å². The Morgan fingerprint density at radius 3 is 2.47 bits per heavy atom. The van der Waals surface area contributed by atoms with Crippen LogP contribution in [0.15, 0.2) is 30.3 Å². The van der Waals surface area contributed by atoms with Crippen LogP contribution in [0.5, 0.6) is 0 Å². The fourth-order valence-electron chi connectivity index (χ4n) is 1.64. The van der Waals surface area contributed by atoms with Gasteiger partial charge in [0, 0.05) is 12.1 Å². The predicted molar refractivity (Wildman–Crippen MR) is 74.7 cm³/mol. The van der Waals surface area contributed by atoms with E-state index in [-0.39, 0.29) is 18.4 Å². The van der Waals surface area contributed by atoms with E-state index in [1.54, 1.807) is 13.0 Å². The smallest absolute Gasteiger partial charge is 0.305 e. The maximum atomic E-state index is 11.5. The second-order valence-electron chi connectivity index (χ2n) is 4.44. The van der Waals surface area contributed by atoms with Crippen LogP contribution < -0.4 is 5.32 Å². The molecule has 2 N–H and O–H groups in total. The van der Waals surface area contributed by atoms with Crippen molar-refractivity contribution in [1.82, 2.24) is 5.32 Å². The van der Waals surface area contributed by atoms with Gasteiger partial charge in [-0.1, -0.05) is 31.2 Å². The van der Waals surface area contributed by atoms with Gasteiger partial charge in [-0.3, -0.25) is 9.59 Å². The molecule has 0 aliphatic heterocycles. The lowest BCUT2D eigenvalue weighted by Crippen LogP contribution is -2.32. The van der Waals surface area contributed by atoms with Crippen molar-refractivity contribution >= 4 is 18.0 Å². The topological polar surface area (TPSA) is 66.4 Å². The lowest BCUT2D eigenvalue weighted by molar-refractivity contribution is -0.137. The number of hydrogen-bond donors (Lipinski definition) is 2. The van der Waals surface area contributed by atoms with Gasteiger partial charge in [-0.15, -0.1) is 0 Å². The molecule has 0 aliphatic rings. The van der Waals surface area contributed by atoms with Crippen molar-refractivity contribution in [3.63, 3.8) is 0 Å². The summed E-state index contributed by atoms with van der Waals surface area (Å²) in [4.78, 5) is 22.0.